The molecule has 0 aliphatic heterocycles. The van der Waals surface area contributed by atoms with Crippen molar-refractivity contribution in [3.63, 3.8) is 0 Å². The van der Waals surface area contributed by atoms with Gasteiger partial charge in [0.25, 0.3) is 5.56 Å². The molecule has 0 saturated heterocycles. The molecule has 0 atom stereocenters. The number of aromatic nitrogens is 1. The number of nitrogen functional groups attached to an aromatic ring is 1. The van der Waals surface area contributed by atoms with Gasteiger partial charge in [-0.15, -0.1) is 0 Å². The molecule has 0 spiro atoms. The van der Waals surface area contributed by atoms with Gasteiger partial charge in [-0.1, -0.05) is 6.07 Å². The summed E-state index contributed by atoms with van der Waals surface area (Å²) in [6.45, 7) is 1.96. The summed E-state index contributed by atoms with van der Waals surface area (Å²) in [5, 5.41) is 0.937. The van der Waals surface area contributed by atoms with Crippen molar-refractivity contribution >= 4 is 16.6 Å². The van der Waals surface area contributed by atoms with Gasteiger partial charge in [-0.25, -0.2) is 0 Å². The van der Waals surface area contributed by atoms with Crippen molar-refractivity contribution in [2.75, 3.05) is 5.73 Å². The second-order valence-corrected chi connectivity index (χ2v) is 3.46. The largest absolute Gasteiger partial charge is 0.398 e. The molecule has 0 aliphatic rings. The zero-order valence-electron chi connectivity index (χ0n) is 8.24. The Bertz CT molecular complexity index is 555. The first-order valence-electron chi connectivity index (χ1n) is 4.46. The molecule has 0 amide bonds. The molecular weight excluding hydrogens is 176 g/mol. The van der Waals surface area contributed by atoms with E-state index >= 15 is 0 Å². The van der Waals surface area contributed by atoms with E-state index in [9.17, 15) is 4.79 Å². The van der Waals surface area contributed by atoms with Crippen LogP contribution in [0.25, 0.3) is 10.9 Å². The predicted octanol–water partition coefficient (Wildman–Crippen LogP) is 1.43. The van der Waals surface area contributed by atoms with Crippen LogP contribution in [0.3, 0.4) is 0 Å². The van der Waals surface area contributed by atoms with E-state index in [1.54, 1.807) is 17.7 Å². The Kier molecular flexibility index (Phi) is 1.81. The second kappa shape index (κ2) is 2.87. The fraction of sp³-hybridized carbons (Fsp3) is 0.182. The smallest absolute Gasteiger partial charge is 0.250 e. The Morgan fingerprint density at radius 3 is 2.64 bits per heavy atom. The summed E-state index contributed by atoms with van der Waals surface area (Å²) in [6.07, 6.45) is 0. The summed E-state index contributed by atoms with van der Waals surface area (Å²) in [5.41, 5.74) is 8.57. The van der Waals surface area contributed by atoms with Crippen LogP contribution in [0.1, 0.15) is 5.56 Å². The van der Waals surface area contributed by atoms with Gasteiger partial charge in [0.1, 0.15) is 0 Å². The summed E-state index contributed by atoms with van der Waals surface area (Å²) in [7, 11) is 1.75. The first kappa shape index (κ1) is 8.81. The number of hydrogen-bond donors (Lipinski definition) is 1. The highest BCUT2D eigenvalue weighted by Gasteiger charge is 2.03. The van der Waals surface area contributed by atoms with E-state index in [4.69, 9.17) is 5.73 Å². The number of hydrogen-bond acceptors (Lipinski definition) is 2. The summed E-state index contributed by atoms with van der Waals surface area (Å²) in [4.78, 5) is 11.4. The monoisotopic (exact) mass is 188 g/mol. The van der Waals surface area contributed by atoms with Gasteiger partial charge in [0.2, 0.25) is 0 Å². The molecule has 1 aromatic carbocycles. The van der Waals surface area contributed by atoms with Crippen LogP contribution in [0, 0.1) is 6.92 Å². The lowest BCUT2D eigenvalue weighted by Crippen LogP contribution is -2.15. The molecule has 14 heavy (non-hydrogen) atoms. The van der Waals surface area contributed by atoms with Crippen LogP contribution in [-0.2, 0) is 7.05 Å². The third-order valence-electron chi connectivity index (χ3n) is 2.57. The maximum absolute atomic E-state index is 11.4. The summed E-state index contributed by atoms with van der Waals surface area (Å²) in [5.74, 6) is 0. The minimum atomic E-state index is -0.0132. The molecule has 0 bridgehead atoms. The Labute approximate surface area is 81.8 Å². The lowest BCUT2D eigenvalue weighted by molar-refractivity contribution is 0.906. The van der Waals surface area contributed by atoms with Crippen LogP contribution >= 0.6 is 0 Å². The van der Waals surface area contributed by atoms with Crippen LogP contribution in [-0.4, -0.2) is 4.57 Å². The average molecular weight is 188 g/mol. The number of aryl methyl sites for hydroxylation is 2. The van der Waals surface area contributed by atoms with Crippen molar-refractivity contribution in [2.24, 2.45) is 7.05 Å². The zero-order chi connectivity index (χ0) is 10.3. The van der Waals surface area contributed by atoms with Crippen molar-refractivity contribution in [2.45, 2.75) is 6.92 Å². The molecule has 1 heterocycles. The molecule has 0 aliphatic carbocycles. The minimum absolute atomic E-state index is 0.0132. The van der Waals surface area contributed by atoms with E-state index < -0.39 is 0 Å². The van der Waals surface area contributed by atoms with Crippen molar-refractivity contribution in [3.8, 4) is 0 Å². The summed E-state index contributed by atoms with van der Waals surface area (Å²) >= 11 is 0. The van der Waals surface area contributed by atoms with Gasteiger partial charge in [-0.3, -0.25) is 4.79 Å². The van der Waals surface area contributed by atoms with E-state index in [0.29, 0.717) is 0 Å². The lowest BCUT2D eigenvalue weighted by atomic mass is 10.1. The van der Waals surface area contributed by atoms with Crippen molar-refractivity contribution < 1.29 is 0 Å². The first-order valence-corrected chi connectivity index (χ1v) is 4.46. The molecule has 72 valence electrons. The minimum Gasteiger partial charge on any atom is -0.398 e. The predicted molar refractivity (Wildman–Crippen MR) is 58.3 cm³/mol. The standard InChI is InChI=1S/C11H12N2O/c1-7-3-5-9-8(11(7)12)4-6-10(14)13(9)2/h3-6H,12H2,1-2H3. The summed E-state index contributed by atoms with van der Waals surface area (Å²) in [6, 6.07) is 7.16. The Balaban J connectivity index is 3.01. The molecular formula is C11H12N2O. The van der Waals surface area contributed by atoms with Crippen LogP contribution in [0.15, 0.2) is 29.1 Å². The molecule has 0 fully saturated rings. The van der Waals surface area contributed by atoms with Gasteiger partial charge in [0.15, 0.2) is 0 Å². The highest BCUT2D eigenvalue weighted by atomic mass is 16.1. The SMILES string of the molecule is Cc1ccc2c(ccc(=O)n2C)c1N. The van der Waals surface area contributed by atoms with Gasteiger partial charge >= 0.3 is 0 Å². The number of pyridine rings is 1. The molecule has 3 heteroatoms. The van der Waals surface area contributed by atoms with E-state index in [1.807, 2.05) is 19.1 Å². The maximum atomic E-state index is 11.4. The van der Waals surface area contributed by atoms with Crippen molar-refractivity contribution in [3.05, 3.63) is 40.2 Å². The van der Waals surface area contributed by atoms with Crippen LogP contribution in [0.4, 0.5) is 5.69 Å². The molecule has 1 aromatic heterocycles. The van der Waals surface area contributed by atoms with Crippen LogP contribution in [0.5, 0.6) is 0 Å². The van der Waals surface area contributed by atoms with Crippen molar-refractivity contribution in [1.29, 1.82) is 0 Å². The number of nitrogens with zero attached hydrogens (tertiary/aromatic N) is 1. The van der Waals surface area contributed by atoms with Crippen LogP contribution < -0.4 is 11.3 Å². The summed E-state index contributed by atoms with van der Waals surface area (Å²) < 4.78 is 1.60. The first-order chi connectivity index (χ1) is 6.61. The number of anilines is 1. The van der Waals surface area contributed by atoms with E-state index in [-0.39, 0.29) is 5.56 Å². The molecule has 0 radical (unpaired) electrons. The number of rotatable bonds is 0. The Hall–Kier alpha value is -1.77. The molecule has 3 nitrogen and oxygen atoms in total. The van der Waals surface area contributed by atoms with Gasteiger partial charge in [0, 0.05) is 24.2 Å². The molecule has 2 N–H and O–H groups in total. The highest BCUT2D eigenvalue weighted by Crippen LogP contribution is 2.22. The topological polar surface area (TPSA) is 48.0 Å². The quantitative estimate of drug-likeness (QED) is 0.636. The number of fused-ring (bicyclic) bond motifs is 1. The molecule has 0 unspecified atom stereocenters. The second-order valence-electron chi connectivity index (χ2n) is 3.46. The van der Waals surface area contributed by atoms with Crippen molar-refractivity contribution in [1.82, 2.24) is 4.57 Å². The normalized spacial score (nSPS) is 10.7. The molecule has 2 rings (SSSR count). The van der Waals surface area contributed by atoms with E-state index in [0.717, 1.165) is 22.2 Å². The highest BCUT2D eigenvalue weighted by molar-refractivity contribution is 5.92. The van der Waals surface area contributed by atoms with Gasteiger partial charge < -0.3 is 10.3 Å². The van der Waals surface area contributed by atoms with E-state index in [1.165, 1.54) is 6.07 Å². The fourth-order valence-electron chi connectivity index (χ4n) is 1.59. The molecule has 0 saturated carbocycles. The average Bonchev–Trinajstić information content (AvgIpc) is 2.17. The number of benzene rings is 1. The third-order valence-corrected chi connectivity index (χ3v) is 2.57. The van der Waals surface area contributed by atoms with Gasteiger partial charge in [-0.2, -0.15) is 0 Å². The van der Waals surface area contributed by atoms with Crippen LogP contribution in [0.2, 0.25) is 0 Å². The van der Waals surface area contributed by atoms with Gasteiger partial charge in [0.05, 0.1) is 5.52 Å². The Morgan fingerprint density at radius 1 is 1.21 bits per heavy atom. The Morgan fingerprint density at radius 2 is 1.93 bits per heavy atom. The maximum Gasteiger partial charge on any atom is 0.250 e. The number of nitrogens with two attached hydrogens (primary N) is 1. The third kappa shape index (κ3) is 1.09. The zero-order valence-corrected chi connectivity index (χ0v) is 8.24. The fourth-order valence-corrected chi connectivity index (χ4v) is 1.59. The lowest BCUT2D eigenvalue weighted by Gasteiger charge is -2.08. The van der Waals surface area contributed by atoms with Gasteiger partial charge in [-0.05, 0) is 24.6 Å². The molecule has 2 aromatic rings. The van der Waals surface area contributed by atoms with E-state index in [2.05, 4.69) is 0 Å².